The van der Waals surface area contributed by atoms with Gasteiger partial charge in [0.25, 0.3) is 0 Å². The van der Waals surface area contributed by atoms with Crippen molar-refractivity contribution in [2.24, 2.45) is 0 Å². The van der Waals surface area contributed by atoms with Crippen molar-refractivity contribution >= 4 is 27.5 Å². The van der Waals surface area contributed by atoms with Crippen LogP contribution in [0, 0.1) is 17.0 Å². The Balaban J connectivity index is 1.60. The first kappa shape index (κ1) is 19.5. The van der Waals surface area contributed by atoms with Crippen LogP contribution in [0.3, 0.4) is 0 Å². The van der Waals surface area contributed by atoms with Gasteiger partial charge in [-0.2, -0.15) is 5.10 Å². The predicted octanol–water partition coefficient (Wildman–Crippen LogP) is 2.77. The second kappa shape index (κ2) is 8.18. The van der Waals surface area contributed by atoms with Gasteiger partial charge in [-0.3, -0.25) is 24.5 Å². The normalized spacial score (nSPS) is 16.3. The van der Waals surface area contributed by atoms with Gasteiger partial charge in [-0.15, -0.1) is 0 Å². The molecule has 8 nitrogen and oxygen atoms in total. The molecule has 1 aromatic carbocycles. The van der Waals surface area contributed by atoms with E-state index in [-0.39, 0.29) is 11.6 Å². The lowest BCUT2D eigenvalue weighted by atomic mass is 10.2. The van der Waals surface area contributed by atoms with Gasteiger partial charge in [0.05, 0.1) is 4.92 Å². The Morgan fingerprint density at radius 1 is 1.30 bits per heavy atom. The molecule has 1 fully saturated rings. The van der Waals surface area contributed by atoms with Gasteiger partial charge in [0, 0.05) is 37.2 Å². The molecule has 1 aromatic heterocycles. The van der Waals surface area contributed by atoms with E-state index < -0.39 is 11.0 Å². The highest BCUT2D eigenvalue weighted by Gasteiger charge is 2.29. The Kier molecular flexibility index (Phi) is 5.91. The van der Waals surface area contributed by atoms with Gasteiger partial charge >= 0.3 is 5.69 Å². The zero-order chi connectivity index (χ0) is 19.6. The van der Waals surface area contributed by atoms with Crippen LogP contribution >= 0.6 is 15.9 Å². The molecule has 1 unspecified atom stereocenters. The zero-order valence-electron chi connectivity index (χ0n) is 15.3. The molecular formula is C18H22BrN5O3. The number of nitrogens with zero attached hydrogens (tertiary/aromatic N) is 5. The Morgan fingerprint density at radius 3 is 2.56 bits per heavy atom. The van der Waals surface area contributed by atoms with Gasteiger partial charge in [-0.05, 0) is 25.5 Å². The van der Waals surface area contributed by atoms with Crippen molar-refractivity contribution in [2.75, 3.05) is 26.2 Å². The summed E-state index contributed by atoms with van der Waals surface area (Å²) in [6, 6.07) is 7.58. The van der Waals surface area contributed by atoms with Crippen LogP contribution < -0.4 is 0 Å². The van der Waals surface area contributed by atoms with Crippen molar-refractivity contribution in [2.45, 2.75) is 26.4 Å². The summed E-state index contributed by atoms with van der Waals surface area (Å²) in [5.74, 6) is -0.0587. The molecule has 0 saturated carbocycles. The Labute approximate surface area is 166 Å². The number of nitro groups is 1. The fourth-order valence-corrected chi connectivity index (χ4v) is 3.76. The molecule has 0 radical (unpaired) electrons. The Morgan fingerprint density at radius 2 is 1.96 bits per heavy atom. The topological polar surface area (TPSA) is 84.5 Å². The first-order chi connectivity index (χ1) is 12.9. The molecule has 27 heavy (non-hydrogen) atoms. The number of rotatable bonds is 5. The van der Waals surface area contributed by atoms with Gasteiger partial charge in [0.15, 0.2) is 0 Å². The fraction of sp³-hybridized carbons (Fsp3) is 0.444. The number of carbonyl (C=O) groups is 1. The van der Waals surface area contributed by atoms with Crippen molar-refractivity contribution in [3.05, 3.63) is 56.3 Å². The van der Waals surface area contributed by atoms with E-state index >= 15 is 0 Å². The molecule has 0 bridgehead atoms. The molecular weight excluding hydrogens is 414 g/mol. The molecule has 3 rings (SSSR count). The van der Waals surface area contributed by atoms with Crippen LogP contribution in [-0.2, 0) is 11.3 Å². The fourth-order valence-electron chi connectivity index (χ4n) is 3.35. The minimum atomic E-state index is -0.562. The second-order valence-corrected chi connectivity index (χ2v) is 7.54. The first-order valence-corrected chi connectivity index (χ1v) is 9.61. The molecule has 1 aliphatic rings. The Hall–Kier alpha value is -2.26. The van der Waals surface area contributed by atoms with Gasteiger partial charge < -0.3 is 4.90 Å². The summed E-state index contributed by atoms with van der Waals surface area (Å²) in [5.41, 5.74) is 1.56. The van der Waals surface area contributed by atoms with E-state index in [9.17, 15) is 14.9 Å². The minimum Gasteiger partial charge on any atom is -0.338 e. The number of carbonyl (C=O) groups excluding carboxylic acids is 1. The molecule has 0 aliphatic carbocycles. The molecule has 2 heterocycles. The molecule has 1 aliphatic heterocycles. The largest absolute Gasteiger partial charge is 0.338 e. The van der Waals surface area contributed by atoms with Crippen molar-refractivity contribution < 1.29 is 9.72 Å². The quantitative estimate of drug-likeness (QED) is 0.532. The maximum absolute atomic E-state index is 12.8. The van der Waals surface area contributed by atoms with E-state index in [1.807, 2.05) is 23.1 Å². The summed E-state index contributed by atoms with van der Waals surface area (Å²) in [6.45, 7) is 7.04. The van der Waals surface area contributed by atoms with Crippen LogP contribution in [0.2, 0.25) is 0 Å². The van der Waals surface area contributed by atoms with Crippen LogP contribution in [0.15, 0.2) is 34.9 Å². The molecule has 0 N–H and O–H groups in total. The molecule has 9 heteroatoms. The van der Waals surface area contributed by atoms with Gasteiger partial charge in [-0.1, -0.05) is 34.1 Å². The molecule has 1 saturated heterocycles. The van der Waals surface area contributed by atoms with E-state index in [1.54, 1.807) is 13.8 Å². The lowest BCUT2D eigenvalue weighted by Gasteiger charge is -2.36. The summed E-state index contributed by atoms with van der Waals surface area (Å²) >= 11 is 3.57. The number of halogens is 1. The van der Waals surface area contributed by atoms with E-state index in [4.69, 9.17) is 0 Å². The number of benzene rings is 1. The van der Waals surface area contributed by atoms with Crippen molar-refractivity contribution in [3.8, 4) is 0 Å². The standard InChI is InChI=1S/C18H22BrN5O3/c1-13-17(24(26)27)11-20-23(13)14(2)18(25)22-9-7-21(8-10-22)12-15-5-3-4-6-16(15)19/h3-6,11,14H,7-10,12H2,1-2H3. The maximum Gasteiger partial charge on any atom is 0.309 e. The van der Waals surface area contributed by atoms with Crippen LogP contribution in [0.5, 0.6) is 0 Å². The monoisotopic (exact) mass is 435 g/mol. The highest BCUT2D eigenvalue weighted by molar-refractivity contribution is 9.10. The lowest BCUT2D eigenvalue weighted by Crippen LogP contribution is -2.50. The molecule has 1 atom stereocenters. The summed E-state index contributed by atoms with van der Waals surface area (Å²) < 4.78 is 2.53. The highest BCUT2D eigenvalue weighted by atomic mass is 79.9. The number of aromatic nitrogens is 2. The minimum absolute atomic E-state index is 0.0587. The average molecular weight is 436 g/mol. The smallest absolute Gasteiger partial charge is 0.309 e. The maximum atomic E-state index is 12.8. The Bertz CT molecular complexity index is 845. The predicted molar refractivity (Wildman–Crippen MR) is 104 cm³/mol. The molecule has 144 valence electrons. The third kappa shape index (κ3) is 4.19. The van der Waals surface area contributed by atoms with Crippen LogP contribution in [0.25, 0.3) is 0 Å². The SMILES string of the molecule is Cc1c([N+](=O)[O-])cnn1C(C)C(=O)N1CCN(Cc2ccccc2Br)CC1. The van der Waals surface area contributed by atoms with E-state index in [0.29, 0.717) is 18.8 Å². The van der Waals surface area contributed by atoms with Crippen molar-refractivity contribution in [1.29, 1.82) is 0 Å². The summed E-state index contributed by atoms with van der Waals surface area (Å²) in [4.78, 5) is 27.5. The first-order valence-electron chi connectivity index (χ1n) is 8.81. The van der Waals surface area contributed by atoms with Crippen LogP contribution in [0.1, 0.15) is 24.2 Å². The van der Waals surface area contributed by atoms with E-state index in [0.717, 1.165) is 24.1 Å². The molecule has 2 aromatic rings. The molecule has 0 spiro atoms. The van der Waals surface area contributed by atoms with Crippen LogP contribution in [0.4, 0.5) is 5.69 Å². The summed E-state index contributed by atoms with van der Waals surface area (Å²) in [5, 5.41) is 15.0. The number of hydrogen-bond donors (Lipinski definition) is 0. The number of hydrogen-bond acceptors (Lipinski definition) is 5. The third-order valence-corrected chi connectivity index (χ3v) is 5.75. The molecule has 1 amide bonds. The van der Waals surface area contributed by atoms with Gasteiger partial charge in [-0.25, -0.2) is 0 Å². The summed E-state index contributed by atoms with van der Waals surface area (Å²) in [6.07, 6.45) is 1.20. The number of piperazine rings is 1. The number of amides is 1. The van der Waals surface area contributed by atoms with Crippen LogP contribution in [-0.4, -0.2) is 56.6 Å². The lowest BCUT2D eigenvalue weighted by molar-refractivity contribution is -0.385. The van der Waals surface area contributed by atoms with Gasteiger partial charge in [0.1, 0.15) is 17.9 Å². The van der Waals surface area contributed by atoms with Crippen molar-refractivity contribution in [3.63, 3.8) is 0 Å². The second-order valence-electron chi connectivity index (χ2n) is 6.69. The van der Waals surface area contributed by atoms with E-state index in [2.05, 4.69) is 32.0 Å². The average Bonchev–Trinajstić information content (AvgIpc) is 3.05. The van der Waals surface area contributed by atoms with Crippen molar-refractivity contribution in [1.82, 2.24) is 19.6 Å². The highest BCUT2D eigenvalue weighted by Crippen LogP contribution is 2.22. The van der Waals surface area contributed by atoms with Gasteiger partial charge in [0.2, 0.25) is 5.91 Å². The summed E-state index contributed by atoms with van der Waals surface area (Å²) in [7, 11) is 0. The van der Waals surface area contributed by atoms with E-state index in [1.165, 1.54) is 16.4 Å². The zero-order valence-corrected chi connectivity index (χ0v) is 16.9. The third-order valence-electron chi connectivity index (χ3n) is 4.98.